The van der Waals surface area contributed by atoms with Gasteiger partial charge in [-0.1, -0.05) is 48.0 Å². The zero-order valence-corrected chi connectivity index (χ0v) is 18.1. The lowest BCUT2D eigenvalue weighted by atomic mass is 10.0. The summed E-state index contributed by atoms with van der Waals surface area (Å²) in [6.45, 7) is 5.44. The maximum Gasteiger partial charge on any atom is 0.213 e. The van der Waals surface area contributed by atoms with Gasteiger partial charge in [-0.05, 0) is 42.7 Å². The number of hydrogen-bond donors (Lipinski definition) is 0. The summed E-state index contributed by atoms with van der Waals surface area (Å²) in [7, 11) is 3.46. The Balaban J connectivity index is 2.10. The topological polar surface area (TPSA) is 47.4 Å². The molecule has 0 aliphatic rings. The second kappa shape index (κ2) is 10.0. The van der Waals surface area contributed by atoms with Crippen LogP contribution in [0.4, 0.5) is 0 Å². The Bertz CT molecular complexity index is 1060. The van der Waals surface area contributed by atoms with Crippen LogP contribution in [0.1, 0.15) is 30.8 Å². The maximum atomic E-state index is 11.2. The Morgan fingerprint density at radius 3 is 2.60 bits per heavy atom. The summed E-state index contributed by atoms with van der Waals surface area (Å²) in [5.74, 6) is 1.02. The molecule has 0 radical (unpaired) electrons. The van der Waals surface area contributed by atoms with Crippen LogP contribution in [0.15, 0.2) is 66.4 Å². The third-order valence-corrected chi connectivity index (χ3v) is 4.84. The molecule has 1 aromatic heterocycles. The molecule has 5 nitrogen and oxygen atoms in total. The zero-order chi connectivity index (χ0) is 21.5. The van der Waals surface area contributed by atoms with E-state index < -0.39 is 0 Å². The van der Waals surface area contributed by atoms with Gasteiger partial charge in [0.15, 0.2) is 0 Å². The van der Waals surface area contributed by atoms with Gasteiger partial charge in [0, 0.05) is 33.3 Å². The molecule has 5 heteroatoms. The number of hydrogen-bond acceptors (Lipinski definition) is 3. The number of aromatic nitrogens is 2. The highest BCUT2D eigenvalue weighted by Gasteiger charge is 2.13. The molecule has 0 spiro atoms. The highest BCUT2D eigenvalue weighted by molar-refractivity contribution is 5.84. The molecule has 2 aromatic carbocycles. The Labute approximate surface area is 178 Å². The van der Waals surface area contributed by atoms with Crippen LogP contribution in [0.25, 0.3) is 16.6 Å². The van der Waals surface area contributed by atoms with Gasteiger partial charge >= 0.3 is 0 Å². The van der Waals surface area contributed by atoms with E-state index in [-0.39, 0.29) is 0 Å². The van der Waals surface area contributed by atoms with Crippen molar-refractivity contribution in [2.45, 2.75) is 26.8 Å². The van der Waals surface area contributed by atoms with Crippen LogP contribution >= 0.6 is 0 Å². The van der Waals surface area contributed by atoms with E-state index in [4.69, 9.17) is 9.72 Å². The average molecular weight is 404 g/mol. The van der Waals surface area contributed by atoms with Gasteiger partial charge in [0.25, 0.3) is 0 Å². The SMILES string of the molecule is COCCn1c(Cc2ccccc2)nc2ccc(/C(C=C(C)C)=C/N(C)C=O)cc21. The van der Waals surface area contributed by atoms with Gasteiger partial charge in [0.1, 0.15) is 5.82 Å². The molecule has 0 fully saturated rings. The van der Waals surface area contributed by atoms with Crippen molar-refractivity contribution in [2.75, 3.05) is 20.8 Å². The standard InChI is InChI=1S/C25H29N3O2/c1-19(2)14-22(17-27(3)18-29)21-10-11-23-24(16-21)28(12-13-30-4)25(26-23)15-20-8-6-5-7-9-20/h5-11,14,16-18H,12-13,15H2,1-4H3/b22-17+. The van der Waals surface area contributed by atoms with Gasteiger partial charge in [-0.3, -0.25) is 4.79 Å². The molecule has 0 bridgehead atoms. The quantitative estimate of drug-likeness (QED) is 0.385. The predicted molar refractivity (Wildman–Crippen MR) is 122 cm³/mol. The monoisotopic (exact) mass is 403 g/mol. The number of methoxy groups -OCH3 is 1. The first-order valence-corrected chi connectivity index (χ1v) is 10.1. The largest absolute Gasteiger partial charge is 0.383 e. The average Bonchev–Trinajstić information content (AvgIpc) is 3.08. The third kappa shape index (κ3) is 5.24. The summed E-state index contributed by atoms with van der Waals surface area (Å²) < 4.78 is 7.59. The van der Waals surface area contributed by atoms with Crippen molar-refractivity contribution in [3.05, 3.63) is 83.3 Å². The van der Waals surface area contributed by atoms with Crippen molar-refractivity contribution >= 4 is 23.0 Å². The molecule has 0 saturated heterocycles. The first-order valence-electron chi connectivity index (χ1n) is 10.1. The van der Waals surface area contributed by atoms with Crippen molar-refractivity contribution in [3.8, 4) is 0 Å². The van der Waals surface area contributed by atoms with Crippen LogP contribution < -0.4 is 0 Å². The van der Waals surface area contributed by atoms with E-state index in [1.165, 1.54) is 16.0 Å². The molecule has 0 unspecified atom stereocenters. The molecular weight excluding hydrogens is 374 g/mol. The first-order chi connectivity index (χ1) is 14.5. The van der Waals surface area contributed by atoms with Crippen molar-refractivity contribution < 1.29 is 9.53 Å². The highest BCUT2D eigenvalue weighted by Crippen LogP contribution is 2.25. The Hall–Kier alpha value is -3.18. The Morgan fingerprint density at radius 1 is 1.17 bits per heavy atom. The molecular formula is C25H29N3O2. The van der Waals surface area contributed by atoms with Crippen LogP contribution in [-0.4, -0.2) is 41.6 Å². The van der Waals surface area contributed by atoms with Crippen molar-refractivity contribution in [1.82, 2.24) is 14.5 Å². The number of rotatable bonds is 9. The molecule has 156 valence electrons. The van der Waals surface area contributed by atoms with Gasteiger partial charge in [-0.2, -0.15) is 0 Å². The maximum absolute atomic E-state index is 11.2. The lowest BCUT2D eigenvalue weighted by Gasteiger charge is -2.11. The smallest absolute Gasteiger partial charge is 0.213 e. The van der Waals surface area contributed by atoms with Gasteiger partial charge in [-0.15, -0.1) is 0 Å². The van der Waals surface area contributed by atoms with E-state index in [1.54, 1.807) is 14.2 Å². The van der Waals surface area contributed by atoms with Crippen LogP contribution in [0.2, 0.25) is 0 Å². The molecule has 0 aliphatic heterocycles. The van der Waals surface area contributed by atoms with Gasteiger partial charge < -0.3 is 14.2 Å². The molecule has 0 N–H and O–H groups in total. The molecule has 0 aliphatic carbocycles. The van der Waals surface area contributed by atoms with Gasteiger partial charge in [0.2, 0.25) is 6.41 Å². The van der Waals surface area contributed by atoms with E-state index in [9.17, 15) is 4.79 Å². The summed E-state index contributed by atoms with van der Waals surface area (Å²) in [5, 5.41) is 0. The Kier molecular flexibility index (Phi) is 7.20. The number of fused-ring (bicyclic) bond motifs is 1. The fourth-order valence-electron chi connectivity index (χ4n) is 3.45. The summed E-state index contributed by atoms with van der Waals surface area (Å²) in [5.41, 5.74) is 6.44. The molecule has 0 atom stereocenters. The second-order valence-electron chi connectivity index (χ2n) is 7.62. The second-order valence-corrected chi connectivity index (χ2v) is 7.62. The van der Waals surface area contributed by atoms with Crippen molar-refractivity contribution in [3.63, 3.8) is 0 Å². The van der Waals surface area contributed by atoms with Crippen LogP contribution in [-0.2, 0) is 22.5 Å². The zero-order valence-electron chi connectivity index (χ0n) is 18.1. The van der Waals surface area contributed by atoms with E-state index in [0.717, 1.165) is 47.4 Å². The summed E-state index contributed by atoms with van der Waals surface area (Å²) in [4.78, 5) is 17.6. The van der Waals surface area contributed by atoms with Crippen LogP contribution in [0.5, 0.6) is 0 Å². The van der Waals surface area contributed by atoms with Crippen LogP contribution in [0, 0.1) is 0 Å². The molecule has 3 rings (SSSR count). The number of nitrogens with zero attached hydrogens (tertiary/aromatic N) is 3. The van der Waals surface area contributed by atoms with Gasteiger partial charge in [-0.25, -0.2) is 4.98 Å². The fraction of sp³-hybridized carbons (Fsp3) is 0.280. The third-order valence-electron chi connectivity index (χ3n) is 4.84. The molecule has 30 heavy (non-hydrogen) atoms. The number of allylic oxidation sites excluding steroid dienone is 3. The number of ether oxygens (including phenoxy) is 1. The Morgan fingerprint density at radius 2 is 1.93 bits per heavy atom. The summed E-state index contributed by atoms with van der Waals surface area (Å²) >= 11 is 0. The van der Waals surface area contributed by atoms with Crippen LogP contribution in [0.3, 0.4) is 0 Å². The minimum absolute atomic E-state index is 0.613. The number of carbonyl (C=O) groups excluding carboxylic acids is 1. The van der Waals surface area contributed by atoms with Crippen molar-refractivity contribution in [1.29, 1.82) is 0 Å². The molecule has 0 saturated carbocycles. The fourth-order valence-corrected chi connectivity index (χ4v) is 3.45. The number of imidazole rings is 1. The van der Waals surface area contributed by atoms with E-state index >= 15 is 0 Å². The lowest BCUT2D eigenvalue weighted by Crippen LogP contribution is -2.09. The molecule has 1 amide bonds. The van der Waals surface area contributed by atoms with Gasteiger partial charge in [0.05, 0.1) is 17.6 Å². The predicted octanol–water partition coefficient (Wildman–Crippen LogP) is 4.67. The number of amides is 1. The number of carbonyl (C=O) groups is 1. The molecule has 3 aromatic rings. The van der Waals surface area contributed by atoms with E-state index in [0.29, 0.717) is 6.61 Å². The van der Waals surface area contributed by atoms with E-state index in [2.05, 4.69) is 53.1 Å². The minimum atomic E-state index is 0.613. The number of benzene rings is 2. The molecule has 1 heterocycles. The summed E-state index contributed by atoms with van der Waals surface area (Å²) in [6.07, 6.45) is 5.50. The lowest BCUT2D eigenvalue weighted by molar-refractivity contribution is -0.114. The first kappa shape index (κ1) is 21.5. The normalized spacial score (nSPS) is 11.5. The highest BCUT2D eigenvalue weighted by atomic mass is 16.5. The van der Waals surface area contributed by atoms with Crippen molar-refractivity contribution in [2.24, 2.45) is 0 Å². The minimum Gasteiger partial charge on any atom is -0.383 e. The summed E-state index contributed by atoms with van der Waals surface area (Å²) in [6, 6.07) is 16.6. The van der Waals surface area contributed by atoms with E-state index in [1.807, 2.05) is 26.1 Å².